The van der Waals surface area contributed by atoms with E-state index in [1.807, 2.05) is 45.9 Å². The minimum atomic E-state index is -0.562. The number of fused-ring (bicyclic) bond motifs is 1. The van der Waals surface area contributed by atoms with Crippen molar-refractivity contribution in [3.63, 3.8) is 0 Å². The van der Waals surface area contributed by atoms with Crippen LogP contribution in [-0.2, 0) is 11.2 Å². The molecule has 0 spiro atoms. The molecule has 0 fully saturated rings. The van der Waals surface area contributed by atoms with Gasteiger partial charge in [0.2, 0.25) is 0 Å². The first-order valence-electron chi connectivity index (χ1n) is 9.28. The molecule has 0 saturated carbocycles. The van der Waals surface area contributed by atoms with Crippen LogP contribution in [0.15, 0.2) is 18.2 Å². The van der Waals surface area contributed by atoms with Crippen molar-refractivity contribution in [3.8, 4) is 0 Å². The van der Waals surface area contributed by atoms with Gasteiger partial charge >= 0.3 is 6.09 Å². The molecule has 1 aromatic carbocycles. The number of aromatic nitrogens is 1. The smallest absolute Gasteiger partial charge is 0.414 e. The second kappa shape index (κ2) is 7.79. The highest BCUT2D eigenvalue weighted by Gasteiger charge is 2.28. The Balaban J connectivity index is 1.85. The molecule has 0 radical (unpaired) electrons. The first kappa shape index (κ1) is 20.1. The van der Waals surface area contributed by atoms with Crippen molar-refractivity contribution in [2.24, 2.45) is 0 Å². The SMILES string of the molecule is CNc1snc(C)c1C(=O)Nc1ccc2c(c1)N(C(=O)OC(C)(C)C)CCC2. The quantitative estimate of drug-likeness (QED) is 0.793. The average molecular weight is 403 g/mol. The lowest BCUT2D eigenvalue weighted by Gasteiger charge is -2.32. The number of nitrogens with zero attached hydrogens (tertiary/aromatic N) is 2. The van der Waals surface area contributed by atoms with Gasteiger partial charge in [0.05, 0.1) is 16.9 Å². The predicted molar refractivity (Wildman–Crippen MR) is 113 cm³/mol. The van der Waals surface area contributed by atoms with Crippen LogP contribution < -0.4 is 15.5 Å². The molecule has 0 unspecified atom stereocenters. The van der Waals surface area contributed by atoms with E-state index in [1.165, 1.54) is 11.5 Å². The summed E-state index contributed by atoms with van der Waals surface area (Å²) in [5.74, 6) is -0.227. The normalized spacial score (nSPS) is 13.7. The largest absolute Gasteiger partial charge is 0.443 e. The summed E-state index contributed by atoms with van der Waals surface area (Å²) in [6.07, 6.45) is 1.40. The third-order valence-electron chi connectivity index (χ3n) is 4.39. The third kappa shape index (κ3) is 4.27. The van der Waals surface area contributed by atoms with Crippen molar-refractivity contribution in [1.29, 1.82) is 0 Å². The van der Waals surface area contributed by atoms with E-state index in [0.29, 0.717) is 23.5 Å². The molecular weight excluding hydrogens is 376 g/mol. The topological polar surface area (TPSA) is 83.6 Å². The van der Waals surface area contributed by atoms with E-state index >= 15 is 0 Å². The lowest BCUT2D eigenvalue weighted by atomic mass is 10.0. The Morgan fingerprint density at radius 2 is 2.04 bits per heavy atom. The molecule has 3 rings (SSSR count). The van der Waals surface area contributed by atoms with E-state index in [-0.39, 0.29) is 12.0 Å². The molecule has 0 saturated heterocycles. The van der Waals surface area contributed by atoms with E-state index < -0.39 is 5.60 Å². The van der Waals surface area contributed by atoms with Crippen molar-refractivity contribution < 1.29 is 14.3 Å². The summed E-state index contributed by atoms with van der Waals surface area (Å²) in [5, 5.41) is 6.65. The summed E-state index contributed by atoms with van der Waals surface area (Å²) in [4.78, 5) is 27.0. The molecule has 1 aliphatic heterocycles. The summed E-state index contributed by atoms with van der Waals surface area (Å²) in [6.45, 7) is 7.95. The van der Waals surface area contributed by atoms with Crippen LogP contribution in [0.1, 0.15) is 48.8 Å². The first-order chi connectivity index (χ1) is 13.2. The van der Waals surface area contributed by atoms with Crippen LogP contribution in [0.5, 0.6) is 0 Å². The summed E-state index contributed by atoms with van der Waals surface area (Å²) >= 11 is 1.26. The zero-order chi connectivity index (χ0) is 20.5. The van der Waals surface area contributed by atoms with Crippen LogP contribution in [0.4, 0.5) is 21.2 Å². The molecule has 28 heavy (non-hydrogen) atoms. The number of carbonyl (C=O) groups is 2. The number of benzene rings is 1. The number of hydrogen-bond donors (Lipinski definition) is 2. The van der Waals surface area contributed by atoms with Crippen LogP contribution >= 0.6 is 11.5 Å². The van der Waals surface area contributed by atoms with Gasteiger partial charge in [-0.1, -0.05) is 6.07 Å². The molecule has 2 N–H and O–H groups in total. The van der Waals surface area contributed by atoms with Crippen LogP contribution in [0.2, 0.25) is 0 Å². The fraction of sp³-hybridized carbons (Fsp3) is 0.450. The Bertz CT molecular complexity index is 901. The molecule has 2 amide bonds. The zero-order valence-corrected chi connectivity index (χ0v) is 17.7. The molecule has 8 heteroatoms. The van der Waals surface area contributed by atoms with Crippen LogP contribution in [0, 0.1) is 6.92 Å². The standard InChI is InChI=1S/C20H26N4O3S/c1-12-16(18(21-5)28-23-12)17(25)22-14-9-8-13-7-6-10-24(15(13)11-14)19(26)27-20(2,3)4/h8-9,11,21H,6-7,10H2,1-5H3,(H,22,25). The van der Waals surface area contributed by atoms with Gasteiger partial charge in [-0.3, -0.25) is 9.69 Å². The number of aryl methyl sites for hydroxylation is 2. The van der Waals surface area contributed by atoms with Crippen molar-refractivity contribution in [2.45, 2.75) is 46.1 Å². The minimum absolute atomic E-state index is 0.227. The van der Waals surface area contributed by atoms with Gasteiger partial charge in [-0.25, -0.2) is 4.79 Å². The highest BCUT2D eigenvalue weighted by atomic mass is 32.1. The summed E-state index contributed by atoms with van der Waals surface area (Å²) in [5.41, 5.74) is 3.14. The maximum Gasteiger partial charge on any atom is 0.414 e. The fourth-order valence-electron chi connectivity index (χ4n) is 3.16. The van der Waals surface area contributed by atoms with Crippen molar-refractivity contribution in [1.82, 2.24) is 4.37 Å². The Kier molecular flexibility index (Phi) is 5.60. The Hall–Kier alpha value is -2.61. The van der Waals surface area contributed by atoms with Gasteiger partial charge in [0.15, 0.2) is 0 Å². The number of anilines is 3. The second-order valence-corrected chi connectivity index (χ2v) is 8.53. The maximum atomic E-state index is 12.8. The number of ether oxygens (including phenoxy) is 1. The van der Waals surface area contributed by atoms with Crippen molar-refractivity contribution >= 4 is 39.9 Å². The van der Waals surface area contributed by atoms with E-state index in [1.54, 1.807) is 11.9 Å². The lowest BCUT2D eigenvalue weighted by molar-refractivity contribution is 0.0577. The van der Waals surface area contributed by atoms with Crippen LogP contribution in [0.3, 0.4) is 0 Å². The molecule has 0 bridgehead atoms. The van der Waals surface area contributed by atoms with Gasteiger partial charge < -0.3 is 15.4 Å². The van der Waals surface area contributed by atoms with E-state index in [2.05, 4.69) is 15.0 Å². The van der Waals surface area contributed by atoms with Gasteiger partial charge in [0, 0.05) is 19.3 Å². The fourth-order valence-corrected chi connectivity index (χ4v) is 3.90. The molecule has 7 nitrogen and oxygen atoms in total. The highest BCUT2D eigenvalue weighted by Crippen LogP contribution is 2.32. The Morgan fingerprint density at radius 3 is 2.71 bits per heavy atom. The third-order valence-corrected chi connectivity index (χ3v) is 5.35. The molecule has 1 aromatic heterocycles. The van der Waals surface area contributed by atoms with Gasteiger partial charge in [0.1, 0.15) is 10.6 Å². The van der Waals surface area contributed by atoms with Crippen molar-refractivity contribution in [2.75, 3.05) is 29.1 Å². The highest BCUT2D eigenvalue weighted by molar-refractivity contribution is 7.10. The number of amides is 2. The molecule has 1 aliphatic rings. The predicted octanol–water partition coefficient (Wildman–Crippen LogP) is 4.43. The van der Waals surface area contributed by atoms with E-state index in [9.17, 15) is 9.59 Å². The number of nitrogens with one attached hydrogen (secondary N) is 2. The molecule has 2 heterocycles. The lowest BCUT2D eigenvalue weighted by Crippen LogP contribution is -2.39. The van der Waals surface area contributed by atoms with Gasteiger partial charge in [0.25, 0.3) is 5.91 Å². The monoisotopic (exact) mass is 402 g/mol. The molecule has 150 valence electrons. The number of rotatable bonds is 3. The Morgan fingerprint density at radius 1 is 1.29 bits per heavy atom. The summed E-state index contributed by atoms with van der Waals surface area (Å²) in [7, 11) is 1.77. The molecule has 2 aromatic rings. The first-order valence-corrected chi connectivity index (χ1v) is 10.1. The number of hydrogen-bond acceptors (Lipinski definition) is 6. The minimum Gasteiger partial charge on any atom is -0.443 e. The van der Waals surface area contributed by atoms with Gasteiger partial charge in [-0.15, -0.1) is 0 Å². The van der Waals surface area contributed by atoms with Gasteiger partial charge in [-0.2, -0.15) is 4.37 Å². The van der Waals surface area contributed by atoms with Gasteiger partial charge in [-0.05, 0) is 69.8 Å². The van der Waals surface area contributed by atoms with Crippen LogP contribution in [0.25, 0.3) is 0 Å². The molecular formula is C20H26N4O3S. The average Bonchev–Trinajstić information content (AvgIpc) is 3.00. The van der Waals surface area contributed by atoms with E-state index in [4.69, 9.17) is 4.74 Å². The second-order valence-electron chi connectivity index (χ2n) is 7.76. The van der Waals surface area contributed by atoms with Crippen molar-refractivity contribution in [3.05, 3.63) is 35.0 Å². The molecule has 0 aliphatic carbocycles. The number of carbonyl (C=O) groups excluding carboxylic acids is 2. The maximum absolute atomic E-state index is 12.8. The van der Waals surface area contributed by atoms with E-state index in [0.717, 1.165) is 29.1 Å². The Labute approximate surface area is 169 Å². The molecule has 0 atom stereocenters. The zero-order valence-electron chi connectivity index (χ0n) is 16.9. The summed E-state index contributed by atoms with van der Waals surface area (Å²) in [6, 6.07) is 5.66. The van der Waals surface area contributed by atoms with Crippen LogP contribution in [-0.4, -0.2) is 35.6 Å². The summed E-state index contributed by atoms with van der Waals surface area (Å²) < 4.78 is 9.78.